The second kappa shape index (κ2) is 6.78. The van der Waals surface area contributed by atoms with E-state index >= 15 is 0 Å². The second-order valence-corrected chi connectivity index (χ2v) is 6.61. The standard InChI is InChI=1S/C17H22FN3O2/c1-16(2,14(22)20-5)10-21-15(23)17(3,4)12-6-11(9-19)7-13(18)8-12/h6-8H,10H2,1-5H3,(H,20,22)(H,21,23). The quantitative estimate of drug-likeness (QED) is 0.869. The van der Waals surface area contributed by atoms with Gasteiger partial charge in [0.05, 0.1) is 22.5 Å². The van der Waals surface area contributed by atoms with Crippen LogP contribution in [0.1, 0.15) is 38.8 Å². The highest BCUT2D eigenvalue weighted by Crippen LogP contribution is 2.26. The molecule has 5 nitrogen and oxygen atoms in total. The van der Waals surface area contributed by atoms with Crippen molar-refractivity contribution >= 4 is 11.8 Å². The summed E-state index contributed by atoms with van der Waals surface area (Å²) in [6, 6.07) is 5.72. The number of nitrogens with one attached hydrogen (secondary N) is 2. The van der Waals surface area contributed by atoms with E-state index in [0.717, 1.165) is 6.07 Å². The number of carbonyl (C=O) groups excluding carboxylic acids is 2. The van der Waals surface area contributed by atoms with Crippen molar-refractivity contribution < 1.29 is 14.0 Å². The normalized spacial score (nSPS) is 11.5. The topological polar surface area (TPSA) is 82.0 Å². The number of nitriles is 1. The molecule has 0 saturated heterocycles. The maximum atomic E-state index is 13.6. The lowest BCUT2D eigenvalue weighted by Crippen LogP contribution is -2.48. The van der Waals surface area contributed by atoms with Crippen LogP contribution in [0, 0.1) is 22.6 Å². The summed E-state index contributed by atoms with van der Waals surface area (Å²) in [6.07, 6.45) is 0. The molecule has 0 atom stereocenters. The van der Waals surface area contributed by atoms with Gasteiger partial charge < -0.3 is 10.6 Å². The molecular formula is C17H22FN3O2. The highest BCUT2D eigenvalue weighted by molar-refractivity contribution is 5.88. The molecule has 0 radical (unpaired) electrons. The van der Waals surface area contributed by atoms with E-state index in [1.54, 1.807) is 27.7 Å². The monoisotopic (exact) mass is 319 g/mol. The van der Waals surface area contributed by atoms with Crippen LogP contribution >= 0.6 is 0 Å². The highest BCUT2D eigenvalue weighted by atomic mass is 19.1. The Balaban J connectivity index is 2.96. The molecule has 0 aromatic heterocycles. The van der Waals surface area contributed by atoms with Crippen molar-refractivity contribution in [1.29, 1.82) is 5.26 Å². The molecule has 1 aromatic carbocycles. The summed E-state index contributed by atoms with van der Waals surface area (Å²) in [4.78, 5) is 24.2. The van der Waals surface area contributed by atoms with Gasteiger partial charge in [-0.25, -0.2) is 4.39 Å². The van der Waals surface area contributed by atoms with E-state index in [-0.39, 0.29) is 23.9 Å². The van der Waals surface area contributed by atoms with Gasteiger partial charge in [0, 0.05) is 13.6 Å². The highest BCUT2D eigenvalue weighted by Gasteiger charge is 2.33. The summed E-state index contributed by atoms with van der Waals surface area (Å²) in [5.41, 5.74) is -1.23. The lowest BCUT2D eigenvalue weighted by molar-refractivity contribution is -0.130. The molecule has 0 saturated carbocycles. The Morgan fingerprint density at radius 1 is 1.17 bits per heavy atom. The first-order valence-corrected chi connectivity index (χ1v) is 7.26. The van der Waals surface area contributed by atoms with Crippen LogP contribution < -0.4 is 10.6 Å². The van der Waals surface area contributed by atoms with E-state index in [1.807, 2.05) is 6.07 Å². The number of hydrogen-bond acceptors (Lipinski definition) is 3. The minimum absolute atomic E-state index is 0.148. The predicted molar refractivity (Wildman–Crippen MR) is 85.0 cm³/mol. The smallest absolute Gasteiger partial charge is 0.230 e. The molecule has 0 bridgehead atoms. The SMILES string of the molecule is CNC(=O)C(C)(C)CNC(=O)C(C)(C)c1cc(F)cc(C#N)c1. The number of hydrogen-bond donors (Lipinski definition) is 2. The maximum absolute atomic E-state index is 13.6. The van der Waals surface area contributed by atoms with Crippen molar-refractivity contribution in [3.05, 3.63) is 35.1 Å². The van der Waals surface area contributed by atoms with Crippen LogP contribution in [-0.4, -0.2) is 25.4 Å². The summed E-state index contributed by atoms with van der Waals surface area (Å²) in [7, 11) is 1.53. The zero-order chi connectivity index (χ0) is 17.8. The summed E-state index contributed by atoms with van der Waals surface area (Å²) in [5.74, 6) is -1.09. The molecule has 0 aliphatic carbocycles. The van der Waals surface area contributed by atoms with Crippen LogP contribution in [-0.2, 0) is 15.0 Å². The number of benzene rings is 1. The van der Waals surface area contributed by atoms with Gasteiger partial charge in [0.15, 0.2) is 0 Å². The molecule has 0 heterocycles. The third-order valence-electron chi connectivity index (χ3n) is 3.85. The number of amides is 2. The van der Waals surface area contributed by atoms with Gasteiger partial charge in [0.1, 0.15) is 5.82 Å². The van der Waals surface area contributed by atoms with Crippen LogP contribution in [0.25, 0.3) is 0 Å². The molecule has 2 amide bonds. The number of nitrogens with zero attached hydrogens (tertiary/aromatic N) is 1. The van der Waals surface area contributed by atoms with Crippen LogP contribution in [0.5, 0.6) is 0 Å². The molecule has 1 aromatic rings. The van der Waals surface area contributed by atoms with E-state index in [1.165, 1.54) is 19.2 Å². The Hall–Kier alpha value is -2.42. The molecule has 0 unspecified atom stereocenters. The number of halogens is 1. The zero-order valence-electron chi connectivity index (χ0n) is 14.1. The van der Waals surface area contributed by atoms with E-state index < -0.39 is 16.6 Å². The van der Waals surface area contributed by atoms with Crippen molar-refractivity contribution in [3.8, 4) is 6.07 Å². The van der Waals surface area contributed by atoms with Gasteiger partial charge in [0.25, 0.3) is 0 Å². The van der Waals surface area contributed by atoms with Crippen molar-refractivity contribution in [1.82, 2.24) is 10.6 Å². The summed E-state index contributed by atoms with van der Waals surface area (Å²) in [6.45, 7) is 6.87. The lowest BCUT2D eigenvalue weighted by Gasteiger charge is -2.28. The largest absolute Gasteiger partial charge is 0.359 e. The van der Waals surface area contributed by atoms with E-state index in [4.69, 9.17) is 5.26 Å². The van der Waals surface area contributed by atoms with Gasteiger partial charge in [-0.1, -0.05) is 0 Å². The predicted octanol–water partition coefficient (Wildman–Crippen LogP) is 1.86. The minimum atomic E-state index is -1.04. The van der Waals surface area contributed by atoms with E-state index in [2.05, 4.69) is 10.6 Å². The average Bonchev–Trinajstić information content (AvgIpc) is 2.50. The minimum Gasteiger partial charge on any atom is -0.359 e. The van der Waals surface area contributed by atoms with Gasteiger partial charge in [-0.15, -0.1) is 0 Å². The maximum Gasteiger partial charge on any atom is 0.230 e. The van der Waals surface area contributed by atoms with Crippen LogP contribution in [0.4, 0.5) is 4.39 Å². The lowest BCUT2D eigenvalue weighted by atomic mass is 9.82. The molecule has 0 aliphatic rings. The second-order valence-electron chi connectivity index (χ2n) is 6.61. The fourth-order valence-corrected chi connectivity index (χ4v) is 2.09. The summed E-state index contributed by atoms with van der Waals surface area (Å²) >= 11 is 0. The molecular weight excluding hydrogens is 297 g/mol. The molecule has 0 fully saturated rings. The molecule has 6 heteroatoms. The molecule has 0 aliphatic heterocycles. The van der Waals surface area contributed by atoms with E-state index in [9.17, 15) is 14.0 Å². The summed E-state index contributed by atoms with van der Waals surface area (Å²) in [5, 5.41) is 14.2. The zero-order valence-corrected chi connectivity index (χ0v) is 14.1. The first kappa shape index (κ1) is 18.6. The third kappa shape index (κ3) is 4.28. The molecule has 1 rings (SSSR count). The molecule has 23 heavy (non-hydrogen) atoms. The van der Waals surface area contributed by atoms with Crippen molar-refractivity contribution in [3.63, 3.8) is 0 Å². The van der Waals surface area contributed by atoms with Gasteiger partial charge in [-0.2, -0.15) is 5.26 Å². The Morgan fingerprint density at radius 2 is 1.78 bits per heavy atom. The van der Waals surface area contributed by atoms with Crippen molar-refractivity contribution in [2.24, 2.45) is 5.41 Å². The van der Waals surface area contributed by atoms with Gasteiger partial charge in [-0.05, 0) is 51.5 Å². The third-order valence-corrected chi connectivity index (χ3v) is 3.85. The summed E-state index contributed by atoms with van der Waals surface area (Å²) < 4.78 is 13.6. The average molecular weight is 319 g/mol. The van der Waals surface area contributed by atoms with Crippen LogP contribution in [0.3, 0.4) is 0 Å². The number of carbonyl (C=O) groups is 2. The van der Waals surface area contributed by atoms with Gasteiger partial charge >= 0.3 is 0 Å². The Labute approximate surface area is 135 Å². The number of rotatable bonds is 5. The molecule has 124 valence electrons. The fraction of sp³-hybridized carbons (Fsp3) is 0.471. The van der Waals surface area contributed by atoms with Crippen LogP contribution in [0.2, 0.25) is 0 Å². The van der Waals surface area contributed by atoms with Crippen molar-refractivity contribution in [2.45, 2.75) is 33.1 Å². The molecule has 0 spiro atoms. The van der Waals surface area contributed by atoms with E-state index in [0.29, 0.717) is 5.56 Å². The Morgan fingerprint density at radius 3 is 2.30 bits per heavy atom. The first-order valence-electron chi connectivity index (χ1n) is 7.26. The van der Waals surface area contributed by atoms with Crippen molar-refractivity contribution in [2.75, 3.05) is 13.6 Å². The van der Waals surface area contributed by atoms with Crippen LogP contribution in [0.15, 0.2) is 18.2 Å². The first-order chi connectivity index (χ1) is 10.5. The Bertz CT molecular complexity index is 660. The Kier molecular flexibility index (Phi) is 5.49. The van der Waals surface area contributed by atoms with Gasteiger partial charge in [0.2, 0.25) is 11.8 Å². The van der Waals surface area contributed by atoms with Gasteiger partial charge in [-0.3, -0.25) is 9.59 Å². The fourth-order valence-electron chi connectivity index (χ4n) is 2.09. The molecule has 2 N–H and O–H groups in total.